The zero-order chi connectivity index (χ0) is 7.11. The van der Waals surface area contributed by atoms with Gasteiger partial charge in [-0.1, -0.05) is 11.6 Å². The third-order valence-electron chi connectivity index (χ3n) is 0.585. The van der Waals surface area contributed by atoms with Gasteiger partial charge >= 0.3 is 0 Å². The molecule has 0 saturated carbocycles. The van der Waals surface area contributed by atoms with E-state index in [0.717, 1.165) is 0 Å². The molecule has 0 aromatic carbocycles. The first-order valence-corrected chi connectivity index (χ1v) is 2.51. The van der Waals surface area contributed by atoms with E-state index in [-0.39, 0.29) is 0 Å². The predicted octanol–water partition coefficient (Wildman–Crippen LogP) is 1.67. The quantitative estimate of drug-likeness (QED) is 0.548. The van der Waals surface area contributed by atoms with Gasteiger partial charge in [0.25, 0.3) is 0 Å². The highest BCUT2D eigenvalue weighted by atomic mass is 35.5. The van der Waals surface area contributed by atoms with Crippen LogP contribution in [0.1, 0.15) is 0 Å². The van der Waals surface area contributed by atoms with Gasteiger partial charge in [0, 0.05) is 17.8 Å². The van der Waals surface area contributed by atoms with E-state index < -0.39 is 0 Å². The maximum Gasteiger partial charge on any atom is 0.0901 e. The van der Waals surface area contributed by atoms with Gasteiger partial charge in [-0.25, -0.2) is 5.26 Å². The fourth-order valence-electron chi connectivity index (χ4n) is 0.299. The summed E-state index contributed by atoms with van der Waals surface area (Å²) < 4.78 is 0. The molecule has 45 valence electrons. The van der Waals surface area contributed by atoms with Crippen LogP contribution in [-0.4, -0.2) is 4.98 Å². The smallest absolute Gasteiger partial charge is 0.0901 e. The standard InChI is InChI=1S/C5H3ClN.CHN/c6-5-1-3-7-4-2-5;1-2/h1-3H;1H. The third kappa shape index (κ3) is 3.51. The molecule has 1 radical (unpaired) electrons. The molecule has 0 bridgehead atoms. The molecule has 0 aliphatic rings. The molecule has 9 heavy (non-hydrogen) atoms. The highest BCUT2D eigenvalue weighted by Gasteiger charge is 1.76. The van der Waals surface area contributed by atoms with Crippen molar-refractivity contribution in [1.29, 1.82) is 5.26 Å². The van der Waals surface area contributed by atoms with Crippen molar-refractivity contribution in [1.82, 2.24) is 4.98 Å². The van der Waals surface area contributed by atoms with Crippen molar-refractivity contribution in [3.63, 3.8) is 0 Å². The van der Waals surface area contributed by atoms with Crippen molar-refractivity contribution >= 4 is 11.6 Å². The van der Waals surface area contributed by atoms with Crippen LogP contribution >= 0.6 is 11.6 Å². The topological polar surface area (TPSA) is 36.7 Å². The summed E-state index contributed by atoms with van der Waals surface area (Å²) in [6.07, 6.45) is 4.18. The Labute approximate surface area is 58.7 Å². The molecule has 1 aromatic heterocycles. The average molecular weight is 140 g/mol. The van der Waals surface area contributed by atoms with E-state index >= 15 is 0 Å². The average Bonchev–Trinajstić information content (AvgIpc) is 1.94. The Hall–Kier alpha value is -1.07. The number of nitriles is 1. The van der Waals surface area contributed by atoms with Gasteiger partial charge in [0.1, 0.15) is 0 Å². The van der Waals surface area contributed by atoms with Gasteiger partial charge in [0.05, 0.1) is 6.20 Å². The van der Waals surface area contributed by atoms with Gasteiger partial charge in [0.2, 0.25) is 0 Å². The molecule has 0 fully saturated rings. The van der Waals surface area contributed by atoms with Gasteiger partial charge in [-0.05, 0) is 12.1 Å². The van der Waals surface area contributed by atoms with E-state index in [1.807, 2.05) is 0 Å². The Morgan fingerprint density at radius 3 is 2.56 bits per heavy atom. The van der Waals surface area contributed by atoms with E-state index in [1.165, 1.54) is 0 Å². The molecule has 0 atom stereocenters. The Morgan fingerprint density at radius 2 is 2.33 bits per heavy atom. The number of halogens is 1. The van der Waals surface area contributed by atoms with Crippen molar-refractivity contribution in [3.05, 3.63) is 29.5 Å². The molecule has 1 aromatic rings. The normalized spacial score (nSPS) is 7.00. The summed E-state index contributed by atoms with van der Waals surface area (Å²) in [7, 11) is 0. The van der Waals surface area contributed by atoms with Crippen molar-refractivity contribution in [2.24, 2.45) is 0 Å². The minimum Gasteiger partial charge on any atom is -0.255 e. The van der Waals surface area contributed by atoms with Crippen molar-refractivity contribution in [2.45, 2.75) is 0 Å². The Morgan fingerprint density at radius 1 is 1.67 bits per heavy atom. The number of hydrogen-bond donors (Lipinski definition) is 0. The molecule has 2 nitrogen and oxygen atoms in total. The number of pyridine rings is 1. The first-order valence-electron chi connectivity index (χ1n) is 2.13. The van der Waals surface area contributed by atoms with Crippen LogP contribution in [0, 0.1) is 18.0 Å². The van der Waals surface area contributed by atoms with Crippen LogP contribution in [0.4, 0.5) is 0 Å². The lowest BCUT2D eigenvalue weighted by Crippen LogP contribution is -1.64. The second-order valence-electron chi connectivity index (χ2n) is 1.10. The molecular weight excluding hydrogens is 136 g/mol. The molecular formula is C6H4ClN2. The summed E-state index contributed by atoms with van der Waals surface area (Å²) in [6, 6.07) is 3.32. The first kappa shape index (κ1) is 7.93. The van der Waals surface area contributed by atoms with Crippen LogP contribution in [0.3, 0.4) is 0 Å². The van der Waals surface area contributed by atoms with Gasteiger partial charge in [-0.3, -0.25) is 4.98 Å². The highest BCUT2D eigenvalue weighted by molar-refractivity contribution is 6.30. The molecule has 1 heterocycles. The summed E-state index contributed by atoms with van der Waals surface area (Å²) in [5.74, 6) is 0. The lowest BCUT2D eigenvalue weighted by atomic mass is 10.5. The van der Waals surface area contributed by atoms with Gasteiger partial charge in [0.15, 0.2) is 0 Å². The van der Waals surface area contributed by atoms with Gasteiger partial charge in [-0.2, -0.15) is 0 Å². The summed E-state index contributed by atoms with van der Waals surface area (Å²) in [5, 5.41) is 7.18. The minimum atomic E-state index is 0.676. The van der Waals surface area contributed by atoms with E-state index in [4.69, 9.17) is 16.9 Å². The maximum absolute atomic E-state index is 6.50. The molecule has 0 spiro atoms. The zero-order valence-electron chi connectivity index (χ0n) is 4.58. The van der Waals surface area contributed by atoms with Crippen molar-refractivity contribution in [3.8, 4) is 6.57 Å². The van der Waals surface area contributed by atoms with Crippen LogP contribution in [0.25, 0.3) is 0 Å². The summed E-state index contributed by atoms with van der Waals surface area (Å²) >= 11 is 5.47. The SMILES string of the molecule is C#N.Clc1c[c]ncc1. The first-order chi connectivity index (χ1) is 4.39. The van der Waals surface area contributed by atoms with E-state index in [0.29, 0.717) is 5.02 Å². The maximum atomic E-state index is 6.50. The molecule has 0 N–H and O–H groups in total. The fraction of sp³-hybridized carbons (Fsp3) is 0. The Balaban J connectivity index is 0.000000291. The largest absolute Gasteiger partial charge is 0.255 e. The van der Waals surface area contributed by atoms with E-state index in [1.54, 1.807) is 18.3 Å². The molecule has 0 saturated heterocycles. The number of hydrogen-bond acceptors (Lipinski definition) is 2. The zero-order valence-corrected chi connectivity index (χ0v) is 5.34. The van der Waals surface area contributed by atoms with E-state index in [2.05, 4.69) is 17.8 Å². The van der Waals surface area contributed by atoms with Gasteiger partial charge in [-0.15, -0.1) is 0 Å². The molecule has 0 aliphatic heterocycles. The number of rotatable bonds is 0. The molecule has 1 rings (SSSR count). The van der Waals surface area contributed by atoms with Crippen molar-refractivity contribution < 1.29 is 0 Å². The predicted molar refractivity (Wildman–Crippen MR) is 34.8 cm³/mol. The van der Waals surface area contributed by atoms with Gasteiger partial charge < -0.3 is 0 Å². The summed E-state index contributed by atoms with van der Waals surface area (Å²) in [5.41, 5.74) is 0. The van der Waals surface area contributed by atoms with Crippen LogP contribution in [-0.2, 0) is 0 Å². The lowest BCUT2D eigenvalue weighted by Gasteiger charge is -1.78. The summed E-state index contributed by atoms with van der Waals surface area (Å²) in [4.78, 5) is 3.64. The van der Waals surface area contributed by atoms with Crippen LogP contribution in [0.5, 0.6) is 0 Å². The fourth-order valence-corrected chi connectivity index (χ4v) is 0.404. The molecule has 0 amide bonds. The Kier molecular flexibility index (Phi) is 4.47. The second-order valence-corrected chi connectivity index (χ2v) is 1.54. The molecule has 0 unspecified atom stereocenters. The monoisotopic (exact) mass is 139 g/mol. The third-order valence-corrected chi connectivity index (χ3v) is 0.820. The number of aromatic nitrogens is 1. The minimum absolute atomic E-state index is 0.676. The van der Waals surface area contributed by atoms with Crippen LogP contribution in [0.15, 0.2) is 18.3 Å². The lowest BCUT2D eigenvalue weighted by molar-refractivity contribution is 1.31. The van der Waals surface area contributed by atoms with Crippen LogP contribution < -0.4 is 0 Å². The van der Waals surface area contributed by atoms with Crippen LogP contribution in [0.2, 0.25) is 5.02 Å². The summed E-state index contributed by atoms with van der Waals surface area (Å²) in [6.45, 7) is 3.50. The second kappa shape index (κ2) is 5.07. The highest BCUT2D eigenvalue weighted by Crippen LogP contribution is 2.01. The Bertz CT molecular complexity index is 171. The molecule has 0 aliphatic carbocycles. The van der Waals surface area contributed by atoms with E-state index in [9.17, 15) is 0 Å². The number of nitrogens with zero attached hydrogens (tertiary/aromatic N) is 2. The van der Waals surface area contributed by atoms with Crippen molar-refractivity contribution in [2.75, 3.05) is 0 Å². The molecule has 3 heteroatoms.